The molecular formula is C28H24S5. The van der Waals surface area contributed by atoms with Crippen LogP contribution in [0, 0.1) is 0 Å². The van der Waals surface area contributed by atoms with Crippen LogP contribution in [0.1, 0.15) is 49.9 Å². The molecule has 0 saturated heterocycles. The molecule has 5 aromatic heterocycles. The zero-order valence-electron chi connectivity index (χ0n) is 19.2. The first-order chi connectivity index (χ1) is 16.2. The highest BCUT2D eigenvalue weighted by molar-refractivity contribution is 7.35. The van der Waals surface area contributed by atoms with Crippen LogP contribution >= 0.6 is 56.7 Å². The molecule has 7 aromatic rings. The minimum absolute atomic E-state index is 1.10. The van der Waals surface area contributed by atoms with E-state index in [0.717, 1.165) is 25.7 Å². The number of fused-ring (bicyclic) bond motifs is 13. The highest BCUT2D eigenvalue weighted by atomic mass is 32.1. The lowest BCUT2D eigenvalue weighted by Crippen LogP contribution is -1.83. The van der Waals surface area contributed by atoms with Crippen molar-refractivity contribution in [2.75, 3.05) is 0 Å². The van der Waals surface area contributed by atoms with E-state index in [1.807, 2.05) is 45.3 Å². The molecule has 5 heteroatoms. The van der Waals surface area contributed by atoms with Crippen LogP contribution < -0.4 is 0 Å². The van der Waals surface area contributed by atoms with Crippen LogP contribution in [-0.4, -0.2) is 0 Å². The highest BCUT2D eigenvalue weighted by Crippen LogP contribution is 2.55. The molecule has 7 rings (SSSR count). The standard InChI is InChI=1S/C28H24S5/c1-5-13-9-29-23-17(13)19-15(7-3)11-31-25(19)27-21(23)22-24-18(14(6-2)10-30-24)20-16(8-4)12-32-26(20)28(22)33-27/h9-12H,5-8H2,1-4H3. The van der Waals surface area contributed by atoms with Gasteiger partial charge in [-0.15, -0.1) is 56.7 Å². The van der Waals surface area contributed by atoms with Gasteiger partial charge in [0.25, 0.3) is 0 Å². The number of hydrogen-bond acceptors (Lipinski definition) is 5. The summed E-state index contributed by atoms with van der Waals surface area (Å²) in [5.74, 6) is 0. The van der Waals surface area contributed by atoms with E-state index < -0.39 is 0 Å². The van der Waals surface area contributed by atoms with Crippen LogP contribution in [0.2, 0.25) is 0 Å². The van der Waals surface area contributed by atoms with Gasteiger partial charge in [-0.05, 0) is 69.5 Å². The molecule has 2 aromatic carbocycles. The van der Waals surface area contributed by atoms with Crippen molar-refractivity contribution in [1.82, 2.24) is 0 Å². The van der Waals surface area contributed by atoms with E-state index in [-0.39, 0.29) is 0 Å². The number of thiophene rings is 5. The second-order valence-electron chi connectivity index (χ2n) is 8.78. The fourth-order valence-electron chi connectivity index (χ4n) is 5.60. The van der Waals surface area contributed by atoms with Crippen molar-refractivity contribution >= 4 is 117 Å². The van der Waals surface area contributed by atoms with Crippen LogP contribution in [0.4, 0.5) is 0 Å². The Kier molecular flexibility index (Phi) is 4.73. The molecule has 0 bridgehead atoms. The minimum atomic E-state index is 1.10. The summed E-state index contributed by atoms with van der Waals surface area (Å²) >= 11 is 9.97. The second-order valence-corrected chi connectivity index (χ2v) is 13.3. The van der Waals surface area contributed by atoms with Gasteiger partial charge in [0, 0.05) is 41.7 Å². The van der Waals surface area contributed by atoms with Gasteiger partial charge in [-0.1, -0.05) is 27.7 Å². The quantitative estimate of drug-likeness (QED) is 0.216. The molecule has 0 nitrogen and oxygen atoms in total. The minimum Gasteiger partial charge on any atom is -0.143 e. The van der Waals surface area contributed by atoms with Gasteiger partial charge in [0.05, 0.1) is 18.8 Å². The van der Waals surface area contributed by atoms with Gasteiger partial charge in [0.15, 0.2) is 0 Å². The van der Waals surface area contributed by atoms with E-state index in [1.165, 1.54) is 61.2 Å². The molecule has 0 fully saturated rings. The molecule has 0 spiro atoms. The Hall–Kier alpha value is -1.50. The maximum absolute atomic E-state index is 2.44. The summed E-state index contributed by atoms with van der Waals surface area (Å²) in [5.41, 5.74) is 6.10. The summed E-state index contributed by atoms with van der Waals surface area (Å²) in [6.45, 7) is 9.24. The summed E-state index contributed by atoms with van der Waals surface area (Å²) in [6, 6.07) is 0. The molecule has 0 atom stereocenters. The normalized spacial score (nSPS) is 12.7. The van der Waals surface area contributed by atoms with Crippen molar-refractivity contribution in [2.24, 2.45) is 0 Å². The van der Waals surface area contributed by atoms with Crippen LogP contribution in [0.25, 0.3) is 60.5 Å². The van der Waals surface area contributed by atoms with Crippen LogP contribution in [0.3, 0.4) is 0 Å². The van der Waals surface area contributed by atoms with E-state index >= 15 is 0 Å². The molecule has 0 aliphatic rings. The summed E-state index contributed by atoms with van der Waals surface area (Å²) in [7, 11) is 0. The van der Waals surface area contributed by atoms with Gasteiger partial charge < -0.3 is 0 Å². The van der Waals surface area contributed by atoms with Crippen LogP contribution in [-0.2, 0) is 25.7 Å². The van der Waals surface area contributed by atoms with Gasteiger partial charge in [0.2, 0.25) is 0 Å². The molecule has 0 unspecified atom stereocenters. The fraction of sp³-hybridized carbons (Fsp3) is 0.286. The van der Waals surface area contributed by atoms with E-state index in [1.54, 1.807) is 21.5 Å². The molecular weight excluding hydrogens is 497 g/mol. The van der Waals surface area contributed by atoms with Gasteiger partial charge >= 0.3 is 0 Å². The smallest absolute Gasteiger partial charge is 0.0549 e. The first-order valence-electron chi connectivity index (χ1n) is 11.8. The van der Waals surface area contributed by atoms with Crippen molar-refractivity contribution in [1.29, 1.82) is 0 Å². The fourth-order valence-corrected chi connectivity index (χ4v) is 12.1. The Bertz CT molecular complexity index is 1730. The van der Waals surface area contributed by atoms with E-state index in [2.05, 4.69) is 60.6 Å². The molecule has 0 radical (unpaired) electrons. The zero-order valence-corrected chi connectivity index (χ0v) is 23.3. The van der Waals surface area contributed by atoms with Gasteiger partial charge in [-0.2, -0.15) is 0 Å². The number of benzene rings is 2. The molecule has 0 amide bonds. The van der Waals surface area contributed by atoms with E-state index in [9.17, 15) is 0 Å². The summed E-state index contributed by atoms with van der Waals surface area (Å²) in [4.78, 5) is 0. The maximum Gasteiger partial charge on any atom is 0.0549 e. The number of rotatable bonds is 4. The Labute approximate surface area is 213 Å². The Morgan fingerprint density at radius 2 is 0.697 bits per heavy atom. The average molecular weight is 521 g/mol. The molecule has 0 aliphatic carbocycles. The van der Waals surface area contributed by atoms with E-state index in [0.29, 0.717) is 0 Å². The predicted octanol–water partition coefficient (Wildman–Crippen LogP) is 11.2. The third-order valence-electron chi connectivity index (χ3n) is 7.27. The van der Waals surface area contributed by atoms with Crippen LogP contribution in [0.5, 0.6) is 0 Å². The summed E-state index contributed by atoms with van der Waals surface area (Å²) < 4.78 is 9.12. The lowest BCUT2D eigenvalue weighted by Gasteiger charge is -2.06. The molecule has 0 aliphatic heterocycles. The van der Waals surface area contributed by atoms with Crippen molar-refractivity contribution in [3.8, 4) is 0 Å². The SMILES string of the molecule is CCc1csc2c3sc4c5scc(CC)c5c5c(CC)csc5c4c3c3scc(CC)c3c12. The topological polar surface area (TPSA) is 0 Å². The third kappa shape index (κ3) is 2.55. The Balaban J connectivity index is 1.85. The lowest BCUT2D eigenvalue weighted by molar-refractivity contribution is 1.16. The predicted molar refractivity (Wildman–Crippen MR) is 158 cm³/mol. The average Bonchev–Trinajstić information content (AvgIpc) is 3.63. The highest BCUT2D eigenvalue weighted by Gasteiger charge is 2.25. The molecule has 5 heterocycles. The van der Waals surface area contributed by atoms with Crippen LogP contribution in [0.15, 0.2) is 21.5 Å². The molecule has 0 N–H and O–H groups in total. The van der Waals surface area contributed by atoms with Gasteiger partial charge in [0.1, 0.15) is 0 Å². The Morgan fingerprint density at radius 1 is 0.394 bits per heavy atom. The first-order valence-corrected chi connectivity index (χ1v) is 16.2. The van der Waals surface area contributed by atoms with E-state index in [4.69, 9.17) is 0 Å². The van der Waals surface area contributed by atoms with Gasteiger partial charge in [-0.25, -0.2) is 0 Å². The van der Waals surface area contributed by atoms with Crippen molar-refractivity contribution in [3.63, 3.8) is 0 Å². The monoisotopic (exact) mass is 520 g/mol. The Morgan fingerprint density at radius 3 is 1.03 bits per heavy atom. The third-order valence-corrected chi connectivity index (χ3v) is 12.9. The lowest BCUT2D eigenvalue weighted by atomic mass is 9.97. The largest absolute Gasteiger partial charge is 0.143 e. The molecule has 166 valence electrons. The van der Waals surface area contributed by atoms with Crippen molar-refractivity contribution in [3.05, 3.63) is 43.8 Å². The van der Waals surface area contributed by atoms with Crippen molar-refractivity contribution < 1.29 is 0 Å². The van der Waals surface area contributed by atoms with Gasteiger partial charge in [-0.3, -0.25) is 0 Å². The maximum atomic E-state index is 2.44. The molecule has 33 heavy (non-hydrogen) atoms. The second kappa shape index (κ2) is 7.50. The summed E-state index contributed by atoms with van der Waals surface area (Å²) in [6.07, 6.45) is 4.42. The summed E-state index contributed by atoms with van der Waals surface area (Å²) in [5, 5.41) is 19.0. The molecule has 0 saturated carbocycles. The van der Waals surface area contributed by atoms with Crippen molar-refractivity contribution in [2.45, 2.75) is 53.4 Å². The first kappa shape index (κ1) is 20.8. The number of aryl methyl sites for hydroxylation is 4. The zero-order chi connectivity index (χ0) is 22.4. The number of hydrogen-bond donors (Lipinski definition) is 0.